The van der Waals surface area contributed by atoms with Crippen LogP contribution in [0.15, 0.2) is 78.9 Å². The lowest BCUT2D eigenvalue weighted by atomic mass is 10.0. The van der Waals surface area contributed by atoms with Gasteiger partial charge < -0.3 is 9.05 Å². The van der Waals surface area contributed by atoms with E-state index < -0.39 is 7.82 Å². The molecule has 0 radical (unpaired) electrons. The molecule has 1 unspecified atom stereocenters. The Hall–Kier alpha value is -2.55. The first-order valence-corrected chi connectivity index (χ1v) is 9.52. The van der Waals surface area contributed by atoms with E-state index in [9.17, 15) is 9.46 Å². The molecule has 0 aliphatic carbocycles. The van der Waals surface area contributed by atoms with Crippen molar-refractivity contribution in [1.29, 1.82) is 0 Å². The molecule has 3 aromatic carbocycles. The molecule has 5 heteroatoms. The van der Waals surface area contributed by atoms with Crippen molar-refractivity contribution in [2.24, 2.45) is 0 Å². The Morgan fingerprint density at radius 3 is 1.76 bits per heavy atom. The third-order valence-electron chi connectivity index (χ3n) is 3.73. The molecule has 0 amide bonds. The van der Waals surface area contributed by atoms with Crippen LogP contribution in [-0.2, 0) is 11.0 Å². The average Bonchev–Trinajstić information content (AvgIpc) is 2.62. The van der Waals surface area contributed by atoms with Gasteiger partial charge in [-0.25, -0.2) is 4.57 Å². The number of phosphoric acid groups is 1. The molecule has 128 valence electrons. The molecular formula is C20H19O4P. The van der Waals surface area contributed by atoms with Crippen LogP contribution in [-0.4, -0.2) is 4.89 Å². The van der Waals surface area contributed by atoms with Crippen LogP contribution in [0, 0.1) is 0 Å². The van der Waals surface area contributed by atoms with Gasteiger partial charge in [0.2, 0.25) is 0 Å². The molecule has 1 N–H and O–H groups in total. The molecule has 0 spiro atoms. The van der Waals surface area contributed by atoms with Gasteiger partial charge in [-0.1, -0.05) is 61.5 Å². The number of benzene rings is 3. The van der Waals surface area contributed by atoms with Gasteiger partial charge in [0.05, 0.1) is 0 Å². The highest BCUT2D eigenvalue weighted by atomic mass is 31.2. The summed E-state index contributed by atoms with van der Waals surface area (Å²) in [5.74, 6) is 0.552. The van der Waals surface area contributed by atoms with Crippen molar-refractivity contribution in [3.63, 3.8) is 0 Å². The Labute approximate surface area is 147 Å². The smallest absolute Gasteiger partial charge is 0.395 e. The zero-order valence-electron chi connectivity index (χ0n) is 13.8. The summed E-state index contributed by atoms with van der Waals surface area (Å²) in [7, 11) is -4.23. The highest BCUT2D eigenvalue weighted by Gasteiger charge is 2.24. The molecule has 0 aromatic heterocycles. The van der Waals surface area contributed by atoms with Gasteiger partial charge >= 0.3 is 7.82 Å². The summed E-state index contributed by atoms with van der Waals surface area (Å²) < 4.78 is 22.2. The van der Waals surface area contributed by atoms with Crippen LogP contribution in [0.5, 0.6) is 11.5 Å². The minimum atomic E-state index is -4.23. The van der Waals surface area contributed by atoms with Crippen molar-refractivity contribution in [1.82, 2.24) is 0 Å². The van der Waals surface area contributed by atoms with Crippen molar-refractivity contribution < 1.29 is 18.5 Å². The number of phosphoric ester groups is 1. The van der Waals surface area contributed by atoms with E-state index in [1.165, 1.54) is 5.56 Å². The van der Waals surface area contributed by atoms with Gasteiger partial charge in [-0.2, -0.15) is 0 Å². The molecule has 0 saturated carbocycles. The average molecular weight is 354 g/mol. The number of rotatable bonds is 6. The van der Waals surface area contributed by atoms with Gasteiger partial charge in [0, 0.05) is 0 Å². The zero-order chi connectivity index (χ0) is 17.7. The lowest BCUT2D eigenvalue weighted by Gasteiger charge is -2.14. The highest BCUT2D eigenvalue weighted by Crippen LogP contribution is 2.44. The summed E-state index contributed by atoms with van der Waals surface area (Å²) >= 11 is 0. The van der Waals surface area contributed by atoms with Gasteiger partial charge in [-0.15, -0.1) is 0 Å². The first-order valence-electron chi connectivity index (χ1n) is 8.02. The summed E-state index contributed by atoms with van der Waals surface area (Å²) in [6, 6.07) is 23.7. The van der Waals surface area contributed by atoms with Gasteiger partial charge in [-0.05, 0) is 47.4 Å². The summed E-state index contributed by atoms with van der Waals surface area (Å²) in [5.41, 5.74) is 3.37. The van der Waals surface area contributed by atoms with Gasteiger partial charge in [-0.3, -0.25) is 4.89 Å². The summed E-state index contributed by atoms with van der Waals surface area (Å²) in [6.07, 6.45) is 1.00. The van der Waals surface area contributed by atoms with Crippen molar-refractivity contribution in [3.8, 4) is 22.6 Å². The maximum absolute atomic E-state index is 12.1. The molecule has 0 aliphatic rings. The van der Waals surface area contributed by atoms with Crippen LogP contribution in [0.4, 0.5) is 0 Å². The van der Waals surface area contributed by atoms with Crippen molar-refractivity contribution in [3.05, 3.63) is 84.4 Å². The molecule has 1 atom stereocenters. The molecule has 0 aliphatic heterocycles. The van der Waals surface area contributed by atoms with E-state index in [0.29, 0.717) is 0 Å². The van der Waals surface area contributed by atoms with Crippen LogP contribution >= 0.6 is 7.82 Å². The minimum Gasteiger partial charge on any atom is -0.395 e. The largest absolute Gasteiger partial charge is 0.584 e. The zero-order valence-corrected chi connectivity index (χ0v) is 14.7. The second kappa shape index (κ2) is 7.56. The number of para-hydroxylation sites is 1. The molecular weight excluding hydrogens is 335 g/mol. The second-order valence-electron chi connectivity index (χ2n) is 5.54. The van der Waals surface area contributed by atoms with E-state index in [2.05, 4.69) is 31.2 Å². The van der Waals surface area contributed by atoms with Crippen LogP contribution in [0.1, 0.15) is 12.5 Å². The van der Waals surface area contributed by atoms with E-state index in [-0.39, 0.29) is 11.5 Å². The minimum absolute atomic E-state index is 0.274. The number of aryl methyl sites for hydroxylation is 1. The van der Waals surface area contributed by atoms with E-state index in [0.717, 1.165) is 17.5 Å². The molecule has 0 saturated heterocycles. The molecule has 0 fully saturated rings. The first-order chi connectivity index (χ1) is 12.1. The maximum atomic E-state index is 12.1. The molecule has 4 nitrogen and oxygen atoms in total. The van der Waals surface area contributed by atoms with Gasteiger partial charge in [0.1, 0.15) is 11.5 Å². The Bertz CT molecular complexity index is 858. The molecule has 0 bridgehead atoms. The standard InChI is InChI=1S/C20H19O4P/c1-2-16-8-10-17(11-9-16)18-12-14-20(15-13-18)24-25(21,22)23-19-6-4-3-5-7-19/h3-15H,2H2,1H3,(H,21,22). The topological polar surface area (TPSA) is 55.8 Å². The second-order valence-corrected chi connectivity index (χ2v) is 6.84. The SMILES string of the molecule is CCc1ccc(-c2ccc(OP(=O)(O)Oc3ccccc3)cc2)cc1. The Balaban J connectivity index is 1.70. The number of hydrogen-bond donors (Lipinski definition) is 1. The van der Waals surface area contributed by atoms with E-state index in [4.69, 9.17) is 9.05 Å². The van der Waals surface area contributed by atoms with Crippen LogP contribution < -0.4 is 9.05 Å². The van der Waals surface area contributed by atoms with E-state index in [1.54, 1.807) is 42.5 Å². The first kappa shape index (κ1) is 17.3. The van der Waals surface area contributed by atoms with Crippen molar-refractivity contribution in [2.75, 3.05) is 0 Å². The van der Waals surface area contributed by atoms with Crippen molar-refractivity contribution in [2.45, 2.75) is 13.3 Å². The molecule has 0 heterocycles. The fourth-order valence-electron chi connectivity index (χ4n) is 2.41. The van der Waals surface area contributed by atoms with Gasteiger partial charge in [0.25, 0.3) is 0 Å². The fourth-order valence-corrected chi connectivity index (χ4v) is 3.22. The Kier molecular flexibility index (Phi) is 5.22. The normalized spacial score (nSPS) is 13.0. The van der Waals surface area contributed by atoms with Crippen LogP contribution in [0.3, 0.4) is 0 Å². The van der Waals surface area contributed by atoms with Crippen molar-refractivity contribution >= 4 is 7.82 Å². The summed E-state index contributed by atoms with van der Waals surface area (Å²) in [4.78, 5) is 9.88. The summed E-state index contributed by atoms with van der Waals surface area (Å²) in [6.45, 7) is 2.12. The molecule has 3 rings (SSSR count). The van der Waals surface area contributed by atoms with Gasteiger partial charge in [0.15, 0.2) is 0 Å². The third kappa shape index (κ3) is 4.72. The van der Waals surface area contributed by atoms with E-state index >= 15 is 0 Å². The maximum Gasteiger partial charge on any atom is 0.584 e. The Morgan fingerprint density at radius 1 is 0.760 bits per heavy atom. The molecule has 25 heavy (non-hydrogen) atoms. The third-order valence-corrected chi connectivity index (χ3v) is 4.62. The predicted molar refractivity (Wildman–Crippen MR) is 98.8 cm³/mol. The summed E-state index contributed by atoms with van der Waals surface area (Å²) in [5, 5.41) is 0. The van der Waals surface area contributed by atoms with E-state index in [1.807, 2.05) is 12.1 Å². The molecule has 3 aromatic rings. The lowest BCUT2D eigenvalue weighted by Crippen LogP contribution is -1.99. The van der Waals surface area contributed by atoms with Crippen LogP contribution in [0.25, 0.3) is 11.1 Å². The predicted octanol–water partition coefficient (Wildman–Crippen LogP) is 5.47. The highest BCUT2D eigenvalue weighted by molar-refractivity contribution is 7.48. The monoisotopic (exact) mass is 354 g/mol. The quantitative estimate of drug-likeness (QED) is 0.596. The fraction of sp³-hybridized carbons (Fsp3) is 0.100. The number of hydrogen-bond acceptors (Lipinski definition) is 3. The van der Waals surface area contributed by atoms with Crippen LogP contribution in [0.2, 0.25) is 0 Å². The lowest BCUT2D eigenvalue weighted by molar-refractivity contribution is 0.291. The Morgan fingerprint density at radius 2 is 1.24 bits per heavy atom.